The molecule has 0 saturated carbocycles. The van der Waals surface area contributed by atoms with Gasteiger partial charge in [-0.1, -0.05) is 12.1 Å². The Balaban J connectivity index is 3.07. The first-order valence-electron chi connectivity index (χ1n) is 4.26. The number of nitrogens with two attached hydrogens (primary N) is 1. The van der Waals surface area contributed by atoms with Crippen LogP contribution in [0.4, 0.5) is 4.39 Å². The Morgan fingerprint density at radius 2 is 2.29 bits per heavy atom. The van der Waals surface area contributed by atoms with Gasteiger partial charge < -0.3 is 5.73 Å². The summed E-state index contributed by atoms with van der Waals surface area (Å²) in [5.74, 6) is -0.447. The molecule has 0 aromatic heterocycles. The lowest BCUT2D eigenvalue weighted by Crippen LogP contribution is -2.09. The Labute approximate surface area is 86.7 Å². The zero-order valence-electron chi connectivity index (χ0n) is 7.92. The zero-order chi connectivity index (χ0) is 10.6. The van der Waals surface area contributed by atoms with Crippen LogP contribution in [0, 0.1) is 5.82 Å². The van der Waals surface area contributed by atoms with Gasteiger partial charge in [-0.25, -0.2) is 4.39 Å². The highest BCUT2D eigenvalue weighted by Crippen LogP contribution is 2.24. The minimum absolute atomic E-state index is 0.101. The summed E-state index contributed by atoms with van der Waals surface area (Å²) < 4.78 is 13.2. The number of carbonyl (C=O) groups is 1. The van der Waals surface area contributed by atoms with Crippen LogP contribution < -0.4 is 5.73 Å². The average Bonchev–Trinajstić information content (AvgIpc) is 2.17. The molecule has 1 aromatic rings. The van der Waals surface area contributed by atoms with Gasteiger partial charge in [0.15, 0.2) is 5.78 Å². The van der Waals surface area contributed by atoms with Gasteiger partial charge in [-0.2, -0.15) is 0 Å². The first kappa shape index (κ1) is 11.2. The maximum absolute atomic E-state index is 13.2. The first-order valence-corrected chi connectivity index (χ1v) is 5.49. The summed E-state index contributed by atoms with van der Waals surface area (Å²) in [6.07, 6.45) is 2.01. The monoisotopic (exact) mass is 213 g/mol. The third-order valence-electron chi connectivity index (χ3n) is 1.84. The van der Waals surface area contributed by atoms with Gasteiger partial charge in [0.25, 0.3) is 0 Å². The lowest BCUT2D eigenvalue weighted by molar-refractivity contribution is 0.0982. The van der Waals surface area contributed by atoms with Gasteiger partial charge >= 0.3 is 0 Å². The second-order valence-electron chi connectivity index (χ2n) is 2.78. The predicted octanol–water partition coefficient (Wildman–Crippen LogP) is 2.08. The average molecular weight is 213 g/mol. The van der Waals surface area contributed by atoms with E-state index in [1.165, 1.54) is 17.8 Å². The zero-order valence-corrected chi connectivity index (χ0v) is 8.73. The molecule has 1 rings (SSSR count). The Kier molecular flexibility index (Phi) is 4.10. The molecule has 0 saturated heterocycles. The van der Waals surface area contributed by atoms with E-state index in [2.05, 4.69) is 0 Å². The van der Waals surface area contributed by atoms with E-state index >= 15 is 0 Å². The van der Waals surface area contributed by atoms with E-state index in [1.807, 2.05) is 0 Å². The smallest absolute Gasteiger partial charge is 0.165 e. The Bertz CT molecular complexity index is 341. The van der Waals surface area contributed by atoms with E-state index in [0.29, 0.717) is 17.0 Å². The summed E-state index contributed by atoms with van der Waals surface area (Å²) in [7, 11) is 0. The van der Waals surface area contributed by atoms with Crippen LogP contribution in [0.25, 0.3) is 0 Å². The number of carbonyl (C=O) groups excluding carboxylic acids is 1. The second-order valence-corrected chi connectivity index (χ2v) is 3.60. The van der Waals surface area contributed by atoms with Gasteiger partial charge in [0.05, 0.1) is 4.90 Å². The molecule has 0 spiro atoms. The van der Waals surface area contributed by atoms with Crippen molar-refractivity contribution in [3.05, 3.63) is 29.6 Å². The van der Waals surface area contributed by atoms with Gasteiger partial charge in [-0.3, -0.25) is 4.79 Å². The summed E-state index contributed by atoms with van der Waals surface area (Å²) in [6.45, 7) is 0.295. The highest BCUT2D eigenvalue weighted by atomic mass is 32.2. The molecule has 0 aliphatic rings. The van der Waals surface area contributed by atoms with Crippen molar-refractivity contribution >= 4 is 17.5 Å². The summed E-state index contributed by atoms with van der Waals surface area (Å²) in [4.78, 5) is 11.9. The van der Waals surface area contributed by atoms with Crippen molar-refractivity contribution in [2.75, 3.05) is 12.8 Å². The standard InChI is InChI=1S/C10H12FNOS/c1-14-10-7(9(13)5-6-12)3-2-4-8(10)11/h2-4H,5-6,12H2,1H3. The molecule has 0 aliphatic carbocycles. The first-order chi connectivity index (χ1) is 6.70. The van der Waals surface area contributed by atoms with Gasteiger partial charge in [0.1, 0.15) is 5.82 Å². The largest absolute Gasteiger partial charge is 0.330 e. The van der Waals surface area contributed by atoms with E-state index in [0.717, 1.165) is 0 Å². The molecule has 0 bridgehead atoms. The quantitative estimate of drug-likeness (QED) is 0.615. The minimum atomic E-state index is -0.347. The van der Waals surface area contributed by atoms with Crippen LogP contribution in [0.15, 0.2) is 23.1 Å². The number of rotatable bonds is 4. The lowest BCUT2D eigenvalue weighted by atomic mass is 10.1. The van der Waals surface area contributed by atoms with Crippen molar-refractivity contribution in [1.82, 2.24) is 0 Å². The Morgan fingerprint density at radius 3 is 2.86 bits per heavy atom. The van der Waals surface area contributed by atoms with Crippen LogP contribution in [-0.4, -0.2) is 18.6 Å². The number of halogens is 1. The van der Waals surface area contributed by atoms with Crippen LogP contribution >= 0.6 is 11.8 Å². The highest BCUT2D eigenvalue weighted by Gasteiger charge is 2.13. The summed E-state index contributed by atoms with van der Waals surface area (Å²) in [5, 5.41) is 0. The van der Waals surface area contributed by atoms with Crippen LogP contribution in [0.2, 0.25) is 0 Å². The second kappa shape index (κ2) is 5.12. The summed E-state index contributed by atoms with van der Waals surface area (Å²) in [5.41, 5.74) is 5.71. The number of thioether (sulfide) groups is 1. The minimum Gasteiger partial charge on any atom is -0.330 e. The topological polar surface area (TPSA) is 43.1 Å². The van der Waals surface area contributed by atoms with Crippen molar-refractivity contribution in [1.29, 1.82) is 0 Å². The molecule has 76 valence electrons. The summed E-state index contributed by atoms with van der Waals surface area (Å²) >= 11 is 1.24. The fraction of sp³-hybridized carbons (Fsp3) is 0.300. The molecule has 0 amide bonds. The number of Topliss-reactive ketones (excluding diaryl/α,β-unsaturated/α-hetero) is 1. The molecular weight excluding hydrogens is 201 g/mol. The van der Waals surface area contributed by atoms with Crippen molar-refractivity contribution in [2.45, 2.75) is 11.3 Å². The van der Waals surface area contributed by atoms with Crippen LogP contribution in [0.3, 0.4) is 0 Å². The molecule has 2 N–H and O–H groups in total. The van der Waals surface area contributed by atoms with Gasteiger partial charge in [-0.15, -0.1) is 11.8 Å². The van der Waals surface area contributed by atoms with Crippen LogP contribution in [-0.2, 0) is 0 Å². The Hall–Kier alpha value is -0.870. The van der Waals surface area contributed by atoms with Gasteiger partial charge in [-0.05, 0) is 18.9 Å². The molecule has 1 aromatic carbocycles. The van der Waals surface area contributed by atoms with E-state index in [-0.39, 0.29) is 18.0 Å². The van der Waals surface area contributed by atoms with E-state index in [4.69, 9.17) is 5.73 Å². The van der Waals surface area contributed by atoms with E-state index < -0.39 is 0 Å². The van der Waals surface area contributed by atoms with E-state index in [9.17, 15) is 9.18 Å². The maximum Gasteiger partial charge on any atom is 0.165 e. The molecule has 4 heteroatoms. The molecule has 0 fully saturated rings. The number of hydrogen-bond donors (Lipinski definition) is 1. The van der Waals surface area contributed by atoms with Crippen molar-refractivity contribution in [3.63, 3.8) is 0 Å². The number of hydrogen-bond acceptors (Lipinski definition) is 3. The Morgan fingerprint density at radius 1 is 1.57 bits per heavy atom. The molecule has 0 aliphatic heterocycles. The molecule has 0 heterocycles. The van der Waals surface area contributed by atoms with Gasteiger partial charge in [0, 0.05) is 12.0 Å². The number of ketones is 1. The van der Waals surface area contributed by atoms with Crippen LogP contribution in [0.1, 0.15) is 16.8 Å². The fourth-order valence-corrected chi connectivity index (χ4v) is 1.87. The maximum atomic E-state index is 13.2. The normalized spacial score (nSPS) is 10.2. The fourth-order valence-electron chi connectivity index (χ4n) is 1.20. The van der Waals surface area contributed by atoms with Crippen molar-refractivity contribution in [3.8, 4) is 0 Å². The third kappa shape index (κ3) is 2.33. The third-order valence-corrected chi connectivity index (χ3v) is 2.67. The SMILES string of the molecule is CSc1c(F)cccc1C(=O)CCN. The molecule has 0 atom stereocenters. The molecular formula is C10H12FNOS. The van der Waals surface area contributed by atoms with E-state index in [1.54, 1.807) is 18.4 Å². The molecule has 0 unspecified atom stereocenters. The molecule has 2 nitrogen and oxygen atoms in total. The highest BCUT2D eigenvalue weighted by molar-refractivity contribution is 7.98. The lowest BCUT2D eigenvalue weighted by Gasteiger charge is -2.06. The number of benzene rings is 1. The predicted molar refractivity (Wildman–Crippen MR) is 56.2 cm³/mol. The van der Waals surface area contributed by atoms with Gasteiger partial charge in [0.2, 0.25) is 0 Å². The van der Waals surface area contributed by atoms with Crippen molar-refractivity contribution < 1.29 is 9.18 Å². The molecule has 14 heavy (non-hydrogen) atoms. The van der Waals surface area contributed by atoms with Crippen LogP contribution in [0.5, 0.6) is 0 Å². The summed E-state index contributed by atoms with van der Waals surface area (Å²) in [6, 6.07) is 4.52. The molecule has 0 radical (unpaired) electrons. The van der Waals surface area contributed by atoms with Crippen molar-refractivity contribution in [2.24, 2.45) is 5.73 Å².